The Morgan fingerprint density at radius 1 is 1.05 bits per heavy atom. The van der Waals surface area contributed by atoms with Crippen molar-refractivity contribution in [3.05, 3.63) is 114 Å². The van der Waals surface area contributed by atoms with Crippen LogP contribution in [0.5, 0.6) is 0 Å². The third-order valence-electron chi connectivity index (χ3n) is 7.50. The van der Waals surface area contributed by atoms with Gasteiger partial charge in [0.25, 0.3) is 0 Å². The number of benzene rings is 2. The summed E-state index contributed by atoms with van der Waals surface area (Å²) in [5.74, 6) is 0.501. The molecule has 0 atom stereocenters. The highest BCUT2D eigenvalue weighted by Crippen LogP contribution is 2.38. The lowest BCUT2D eigenvalue weighted by molar-refractivity contribution is 0.00578. The lowest BCUT2D eigenvalue weighted by Gasteiger charge is -2.32. The minimum absolute atomic E-state index is 0.159. The Morgan fingerprint density at radius 3 is 2.32 bits per heavy atom. The number of allylic oxidation sites excluding steroid dienone is 3. The van der Waals surface area contributed by atoms with E-state index in [0.717, 1.165) is 27.7 Å². The van der Waals surface area contributed by atoms with Crippen molar-refractivity contribution in [2.45, 2.75) is 73.0 Å². The number of thiophene rings is 1. The lowest BCUT2D eigenvalue weighted by Crippen LogP contribution is -2.41. The van der Waals surface area contributed by atoms with Crippen LogP contribution in [-0.4, -0.2) is 30.0 Å². The first-order valence-electron chi connectivity index (χ1n) is 15.1. The van der Waals surface area contributed by atoms with Gasteiger partial charge in [-0.15, -0.1) is 11.3 Å². The molecule has 0 bridgehead atoms. The van der Waals surface area contributed by atoms with E-state index in [0.29, 0.717) is 5.84 Å². The molecular weight excluding hydrogens is 561 g/mol. The highest BCUT2D eigenvalue weighted by atomic mass is 32.1. The largest absolute Gasteiger partial charge is 0.503 e. The van der Waals surface area contributed by atoms with Crippen molar-refractivity contribution in [2.24, 2.45) is 10.7 Å². The van der Waals surface area contributed by atoms with Crippen LogP contribution in [0.25, 0.3) is 20.2 Å². The molecule has 44 heavy (non-hydrogen) atoms. The molecular formula is C37H44BN3O2S. The summed E-state index contributed by atoms with van der Waals surface area (Å²) >= 11 is 1.76. The second-order valence-corrected chi connectivity index (χ2v) is 12.2. The molecule has 1 aliphatic heterocycles. The summed E-state index contributed by atoms with van der Waals surface area (Å²) < 4.78 is 14.7. The Kier molecular flexibility index (Phi) is 11.9. The molecule has 0 radical (unpaired) electrons. The maximum atomic E-state index is 7.92. The minimum Gasteiger partial charge on any atom is -0.399 e. The fourth-order valence-electron chi connectivity index (χ4n) is 4.49. The summed E-state index contributed by atoms with van der Waals surface area (Å²) in [5, 5.41) is 10.4. The van der Waals surface area contributed by atoms with E-state index in [4.69, 9.17) is 20.5 Å². The van der Waals surface area contributed by atoms with Gasteiger partial charge in [0.15, 0.2) is 5.84 Å². The molecule has 1 saturated heterocycles. The Labute approximate surface area is 267 Å². The fourth-order valence-corrected chi connectivity index (χ4v) is 5.61. The molecule has 1 aromatic heterocycles. The van der Waals surface area contributed by atoms with Crippen LogP contribution in [0.1, 0.15) is 66.0 Å². The zero-order valence-electron chi connectivity index (χ0n) is 27.2. The lowest BCUT2D eigenvalue weighted by atomic mass is 9.79. The first kappa shape index (κ1) is 34.5. The van der Waals surface area contributed by atoms with Gasteiger partial charge >= 0.3 is 7.12 Å². The average Bonchev–Trinajstić information content (AvgIpc) is 3.49. The summed E-state index contributed by atoms with van der Waals surface area (Å²) in [6.07, 6.45) is 8.14. The Balaban J connectivity index is 0.000000233. The Hall–Kier alpha value is -3.96. The zero-order chi connectivity index (χ0) is 32.5. The Bertz CT molecular complexity index is 1670. The van der Waals surface area contributed by atoms with Gasteiger partial charge in [-0.05, 0) is 58.7 Å². The Morgan fingerprint density at radius 2 is 1.70 bits per heavy atom. The average molecular weight is 606 g/mol. The van der Waals surface area contributed by atoms with E-state index >= 15 is 0 Å². The first-order chi connectivity index (χ1) is 21.0. The van der Waals surface area contributed by atoms with Gasteiger partial charge in [0.05, 0.1) is 15.9 Å². The molecule has 0 aliphatic carbocycles. The van der Waals surface area contributed by atoms with Crippen LogP contribution in [0.2, 0.25) is 0 Å². The number of nitrogens with two attached hydrogens (primary N) is 1. The predicted molar refractivity (Wildman–Crippen MR) is 191 cm³/mol. The van der Waals surface area contributed by atoms with Crippen molar-refractivity contribution >= 4 is 55.8 Å². The van der Waals surface area contributed by atoms with E-state index in [1.54, 1.807) is 23.5 Å². The van der Waals surface area contributed by atoms with E-state index in [2.05, 4.69) is 82.6 Å². The van der Waals surface area contributed by atoms with Crippen molar-refractivity contribution < 1.29 is 9.31 Å². The predicted octanol–water partition coefficient (Wildman–Crippen LogP) is 8.74. The van der Waals surface area contributed by atoms with Crippen LogP contribution in [-0.2, 0) is 9.31 Å². The topological polar surface area (TPSA) is 80.7 Å². The number of aliphatic imine (C=N–C) groups is 1. The molecule has 1 fully saturated rings. The number of fused-ring (bicyclic) bond motifs is 3. The number of nitrogens with one attached hydrogen (secondary N) is 1. The van der Waals surface area contributed by atoms with E-state index in [-0.39, 0.29) is 24.2 Å². The van der Waals surface area contributed by atoms with Crippen molar-refractivity contribution in [1.29, 1.82) is 5.41 Å². The quantitative estimate of drug-likeness (QED) is 0.0998. The minimum atomic E-state index is -0.389. The number of aryl methyl sites for hydroxylation is 1. The van der Waals surface area contributed by atoms with Gasteiger partial charge in [-0.3, -0.25) is 5.41 Å². The van der Waals surface area contributed by atoms with Crippen LogP contribution in [0.3, 0.4) is 0 Å². The number of hydrogen-bond donors (Lipinski definition) is 2. The number of hydrogen-bond acceptors (Lipinski definition) is 4. The summed E-state index contributed by atoms with van der Waals surface area (Å²) in [7, 11) is -0.389. The molecule has 2 heterocycles. The van der Waals surface area contributed by atoms with E-state index in [1.165, 1.54) is 21.0 Å². The van der Waals surface area contributed by atoms with Gasteiger partial charge in [0.2, 0.25) is 0 Å². The third-order valence-corrected chi connectivity index (χ3v) is 8.59. The zero-order valence-corrected chi connectivity index (χ0v) is 28.1. The second-order valence-electron chi connectivity index (χ2n) is 11.1. The molecule has 3 aromatic carbocycles. The smallest absolute Gasteiger partial charge is 0.399 e. The standard InChI is InChI=1S/C19H19BO2S.C16H19N3.C2H6/c1-12-7-6-8-16-17(12)14-11-13(9-10-15(14)23-16)20-21-18(2,3)19(4,5)22-20;1-3-5-10-13(9-4-2)15(17)19-16(18)14-11-7-6-8-12-14;1-2/h6-8,11H,1-5H3;3,5-12H,1,4H2,2H3,(H3,17,18,19);1-2H3/b;10-5-,13-9+;. The SMILES string of the molecule is C=C/C=C\C(=C/CC)C(N)=NC(=N)c1ccccc1.CC.Cc1cccc2sc3c#cc(B4OC(C)(C)C(C)(C)O4)cc3c12. The third kappa shape index (κ3) is 7.95. The van der Waals surface area contributed by atoms with Crippen LogP contribution in [0.15, 0.2) is 96.0 Å². The molecule has 3 N–H and O–H groups in total. The summed E-state index contributed by atoms with van der Waals surface area (Å²) in [5.41, 5.74) is 9.01. The van der Waals surface area contributed by atoms with Crippen LogP contribution >= 0.6 is 11.3 Å². The normalized spacial score (nSPS) is 15.8. The second kappa shape index (κ2) is 15.2. The molecule has 0 amide bonds. The first-order valence-corrected chi connectivity index (χ1v) is 15.9. The highest BCUT2D eigenvalue weighted by molar-refractivity contribution is 7.25. The molecule has 0 saturated carbocycles. The van der Waals surface area contributed by atoms with Crippen LogP contribution in [0, 0.1) is 24.5 Å². The molecule has 4 aromatic rings. The molecule has 1 aliphatic rings. The van der Waals surface area contributed by atoms with Gasteiger partial charge in [0.1, 0.15) is 5.84 Å². The van der Waals surface area contributed by atoms with E-state index in [1.807, 2.05) is 63.3 Å². The van der Waals surface area contributed by atoms with Crippen molar-refractivity contribution in [3.63, 3.8) is 0 Å². The van der Waals surface area contributed by atoms with Gasteiger partial charge in [-0.25, -0.2) is 4.99 Å². The molecule has 0 spiro atoms. The fraction of sp³-hybridized carbons (Fsp3) is 0.297. The molecule has 7 heteroatoms. The maximum Gasteiger partial charge on any atom is 0.503 e. The maximum absolute atomic E-state index is 7.92. The summed E-state index contributed by atoms with van der Waals surface area (Å²) in [6, 6.07) is 24.4. The molecule has 5 nitrogen and oxygen atoms in total. The van der Waals surface area contributed by atoms with Crippen molar-refractivity contribution in [1.82, 2.24) is 0 Å². The van der Waals surface area contributed by atoms with Gasteiger partial charge in [-0.2, -0.15) is 0 Å². The van der Waals surface area contributed by atoms with Gasteiger partial charge < -0.3 is 15.0 Å². The number of nitrogens with zero attached hydrogens (tertiary/aromatic N) is 1. The molecule has 5 rings (SSSR count). The molecule has 228 valence electrons. The van der Waals surface area contributed by atoms with Gasteiger partial charge in [-0.1, -0.05) is 106 Å². The van der Waals surface area contributed by atoms with Crippen LogP contribution < -0.4 is 11.2 Å². The van der Waals surface area contributed by atoms with E-state index in [9.17, 15) is 0 Å². The van der Waals surface area contributed by atoms with Gasteiger partial charge in [0, 0.05) is 32.1 Å². The molecule has 0 unspecified atom stereocenters. The summed E-state index contributed by atoms with van der Waals surface area (Å²) in [4.78, 5) is 4.14. The summed E-state index contributed by atoms with van der Waals surface area (Å²) in [6.45, 7) is 20.1. The monoisotopic (exact) mass is 605 g/mol. The van der Waals surface area contributed by atoms with E-state index < -0.39 is 0 Å². The van der Waals surface area contributed by atoms with Crippen molar-refractivity contribution in [2.75, 3.05) is 0 Å². The van der Waals surface area contributed by atoms with Crippen molar-refractivity contribution in [3.8, 4) is 0 Å². The number of amidine groups is 2. The number of rotatable bonds is 6. The highest BCUT2D eigenvalue weighted by Gasteiger charge is 2.52. The van der Waals surface area contributed by atoms with Crippen LogP contribution in [0.4, 0.5) is 0 Å².